The van der Waals surface area contributed by atoms with Crippen LogP contribution in [-0.2, 0) is 11.0 Å². The van der Waals surface area contributed by atoms with Crippen LogP contribution in [0.3, 0.4) is 0 Å². The average Bonchev–Trinajstić information content (AvgIpc) is 2.19. The second-order valence-electron chi connectivity index (χ2n) is 3.21. The molecule has 1 aromatic rings. The summed E-state index contributed by atoms with van der Waals surface area (Å²) in [5.41, 5.74) is 3.37. The lowest BCUT2D eigenvalue weighted by Gasteiger charge is -2.14. The summed E-state index contributed by atoms with van der Waals surface area (Å²) in [4.78, 5) is 10.6. The largest absolute Gasteiger partial charge is 0.506 e. The van der Waals surface area contributed by atoms with Crippen LogP contribution in [-0.4, -0.2) is 16.2 Å². The Morgan fingerprint density at radius 2 is 1.94 bits per heavy atom. The number of nitrogens with two attached hydrogens (primary N) is 1. The van der Waals surface area contributed by atoms with Crippen LogP contribution in [0.15, 0.2) is 12.1 Å². The quantitative estimate of drug-likeness (QED) is 0.768. The number of aliphatic carboxylic acids is 1. The van der Waals surface area contributed by atoms with Crippen molar-refractivity contribution in [2.75, 3.05) is 0 Å². The van der Waals surface area contributed by atoms with Crippen LogP contribution in [0.5, 0.6) is 5.75 Å². The normalized spacial score (nSPS) is 13.5. The number of aromatic hydroxyl groups is 1. The number of hydrogen-bond acceptors (Lipinski definition) is 3. The monoisotopic (exact) mass is 269 g/mol. The zero-order chi connectivity index (χ0) is 13.4. The van der Waals surface area contributed by atoms with Gasteiger partial charge in [0.05, 0.1) is 10.6 Å². The van der Waals surface area contributed by atoms with Crippen LogP contribution in [0.25, 0.3) is 0 Å². The maximum atomic E-state index is 12.4. The third-order valence-electron chi connectivity index (χ3n) is 2.02. The Labute approximate surface area is 98.4 Å². The summed E-state index contributed by atoms with van der Waals surface area (Å²) < 4.78 is 37.2. The number of phenolic OH excluding ortho intramolecular Hbond substituents is 1. The molecule has 0 heterocycles. The Hall–Kier alpha value is -1.47. The van der Waals surface area contributed by atoms with Crippen LogP contribution < -0.4 is 5.73 Å². The second kappa shape index (κ2) is 4.42. The highest BCUT2D eigenvalue weighted by Crippen LogP contribution is 2.38. The van der Waals surface area contributed by atoms with Crippen molar-refractivity contribution in [3.8, 4) is 5.75 Å². The standard InChI is InChI=1S/C9H7ClF3NO3/c10-5-2-3(9(11,12)13)1-4(7(5)15)6(14)8(16)17/h1-2,6,15H,14H2,(H,16,17)/t6-/m0/s1. The second-order valence-corrected chi connectivity index (χ2v) is 3.62. The van der Waals surface area contributed by atoms with E-state index in [1.165, 1.54) is 0 Å². The van der Waals surface area contributed by atoms with E-state index in [2.05, 4.69) is 0 Å². The molecule has 17 heavy (non-hydrogen) atoms. The molecule has 4 nitrogen and oxygen atoms in total. The molecule has 1 aromatic carbocycles. The van der Waals surface area contributed by atoms with Gasteiger partial charge in [-0.25, -0.2) is 0 Å². The number of benzene rings is 1. The zero-order valence-electron chi connectivity index (χ0n) is 8.12. The minimum Gasteiger partial charge on any atom is -0.506 e. The fourth-order valence-electron chi connectivity index (χ4n) is 1.15. The number of phenols is 1. The van der Waals surface area contributed by atoms with E-state index in [0.29, 0.717) is 12.1 Å². The van der Waals surface area contributed by atoms with E-state index in [-0.39, 0.29) is 0 Å². The van der Waals surface area contributed by atoms with E-state index >= 15 is 0 Å². The molecule has 0 saturated carbocycles. The number of carbonyl (C=O) groups is 1. The van der Waals surface area contributed by atoms with Crippen LogP contribution in [0, 0.1) is 0 Å². The zero-order valence-corrected chi connectivity index (χ0v) is 8.88. The molecule has 0 aliphatic heterocycles. The lowest BCUT2D eigenvalue weighted by Crippen LogP contribution is -2.21. The highest BCUT2D eigenvalue weighted by atomic mass is 35.5. The van der Waals surface area contributed by atoms with Crippen LogP contribution in [0.2, 0.25) is 5.02 Å². The van der Waals surface area contributed by atoms with Crippen molar-refractivity contribution in [2.24, 2.45) is 5.73 Å². The molecule has 0 aliphatic carbocycles. The summed E-state index contributed by atoms with van der Waals surface area (Å²) in [5, 5.41) is 17.3. The van der Waals surface area contributed by atoms with Gasteiger partial charge in [0.25, 0.3) is 0 Å². The molecule has 0 saturated heterocycles. The van der Waals surface area contributed by atoms with E-state index in [1.807, 2.05) is 0 Å². The number of alkyl halides is 3. The highest BCUT2D eigenvalue weighted by Gasteiger charge is 2.33. The first-order chi connectivity index (χ1) is 7.64. The first kappa shape index (κ1) is 13.6. The lowest BCUT2D eigenvalue weighted by atomic mass is 10.0. The summed E-state index contributed by atoms with van der Waals surface area (Å²) in [5.74, 6) is -2.34. The predicted molar refractivity (Wildman–Crippen MR) is 52.7 cm³/mol. The summed E-state index contributed by atoms with van der Waals surface area (Å²) in [6, 6.07) is -0.829. The Balaban J connectivity index is 3.40. The van der Waals surface area contributed by atoms with Gasteiger partial charge in [-0.3, -0.25) is 4.79 Å². The molecule has 0 aliphatic rings. The van der Waals surface area contributed by atoms with E-state index < -0.39 is 40.1 Å². The molecule has 0 aromatic heterocycles. The van der Waals surface area contributed by atoms with Gasteiger partial charge in [0.2, 0.25) is 0 Å². The molecule has 8 heteroatoms. The summed E-state index contributed by atoms with van der Waals surface area (Å²) in [6.45, 7) is 0. The Bertz CT molecular complexity index is 462. The predicted octanol–water partition coefficient (Wildman–Crippen LogP) is 2.15. The third kappa shape index (κ3) is 2.80. The van der Waals surface area contributed by atoms with Crippen LogP contribution in [0.1, 0.15) is 17.2 Å². The van der Waals surface area contributed by atoms with Gasteiger partial charge in [0.15, 0.2) is 0 Å². The maximum absolute atomic E-state index is 12.4. The van der Waals surface area contributed by atoms with Crippen LogP contribution in [0.4, 0.5) is 13.2 Å². The Kier molecular flexibility index (Phi) is 3.53. The van der Waals surface area contributed by atoms with Crippen molar-refractivity contribution < 1.29 is 28.2 Å². The average molecular weight is 270 g/mol. The molecule has 0 radical (unpaired) electrons. The van der Waals surface area contributed by atoms with Crippen molar-refractivity contribution in [1.82, 2.24) is 0 Å². The van der Waals surface area contributed by atoms with Gasteiger partial charge in [-0.05, 0) is 12.1 Å². The number of carboxylic acids is 1. The Morgan fingerprint density at radius 1 is 1.41 bits per heavy atom. The highest BCUT2D eigenvalue weighted by molar-refractivity contribution is 6.32. The number of halogens is 4. The molecule has 4 N–H and O–H groups in total. The molecular weight excluding hydrogens is 263 g/mol. The first-order valence-corrected chi connectivity index (χ1v) is 4.60. The molecule has 94 valence electrons. The van der Waals surface area contributed by atoms with Crippen LogP contribution >= 0.6 is 11.6 Å². The third-order valence-corrected chi connectivity index (χ3v) is 2.31. The SMILES string of the molecule is N[C@H](C(=O)O)c1cc(C(F)(F)F)cc(Cl)c1O. The van der Waals surface area contributed by atoms with Crippen molar-refractivity contribution >= 4 is 17.6 Å². The van der Waals surface area contributed by atoms with Gasteiger partial charge in [-0.2, -0.15) is 13.2 Å². The van der Waals surface area contributed by atoms with Crippen molar-refractivity contribution in [1.29, 1.82) is 0 Å². The topological polar surface area (TPSA) is 83.6 Å². The number of hydrogen-bond donors (Lipinski definition) is 3. The smallest absolute Gasteiger partial charge is 0.416 e. The molecule has 1 rings (SSSR count). The summed E-state index contributed by atoms with van der Waals surface area (Å²) in [6.07, 6.45) is -4.70. The van der Waals surface area contributed by atoms with Gasteiger partial charge in [-0.15, -0.1) is 0 Å². The molecule has 0 amide bonds. The lowest BCUT2D eigenvalue weighted by molar-refractivity contribution is -0.140. The van der Waals surface area contributed by atoms with Gasteiger partial charge in [-0.1, -0.05) is 11.6 Å². The molecule has 0 fully saturated rings. The molecule has 1 atom stereocenters. The first-order valence-electron chi connectivity index (χ1n) is 4.22. The number of carboxylic acid groups (broad SMARTS) is 1. The molecule has 0 spiro atoms. The fourth-order valence-corrected chi connectivity index (χ4v) is 1.38. The van der Waals surface area contributed by atoms with Crippen molar-refractivity contribution in [3.63, 3.8) is 0 Å². The minimum absolute atomic E-state index is 0.458. The Morgan fingerprint density at radius 3 is 2.35 bits per heavy atom. The summed E-state index contributed by atoms with van der Waals surface area (Å²) in [7, 11) is 0. The molecule has 0 bridgehead atoms. The van der Waals surface area contributed by atoms with E-state index in [4.69, 9.17) is 22.4 Å². The van der Waals surface area contributed by atoms with Gasteiger partial charge < -0.3 is 15.9 Å². The maximum Gasteiger partial charge on any atom is 0.416 e. The van der Waals surface area contributed by atoms with E-state index in [0.717, 1.165) is 0 Å². The van der Waals surface area contributed by atoms with Gasteiger partial charge in [0, 0.05) is 5.56 Å². The van der Waals surface area contributed by atoms with E-state index in [1.54, 1.807) is 0 Å². The van der Waals surface area contributed by atoms with Crippen molar-refractivity contribution in [2.45, 2.75) is 12.2 Å². The number of rotatable bonds is 2. The molecular formula is C9H7ClF3NO3. The van der Waals surface area contributed by atoms with Gasteiger partial charge in [0.1, 0.15) is 11.8 Å². The summed E-state index contributed by atoms with van der Waals surface area (Å²) >= 11 is 5.38. The fraction of sp³-hybridized carbons (Fsp3) is 0.222. The van der Waals surface area contributed by atoms with E-state index in [9.17, 15) is 23.1 Å². The van der Waals surface area contributed by atoms with Gasteiger partial charge >= 0.3 is 12.1 Å². The minimum atomic E-state index is -4.70. The molecule has 0 unspecified atom stereocenters. The van der Waals surface area contributed by atoms with Crippen molar-refractivity contribution in [3.05, 3.63) is 28.3 Å².